The van der Waals surface area contributed by atoms with Crippen LogP contribution in [0.25, 0.3) is 0 Å². The van der Waals surface area contributed by atoms with Crippen LogP contribution >= 0.6 is 23.2 Å². The Hall–Kier alpha value is -1.53. The van der Waals surface area contributed by atoms with Crippen molar-refractivity contribution in [2.45, 2.75) is 39.5 Å². The van der Waals surface area contributed by atoms with E-state index in [1.165, 1.54) is 12.1 Å². The zero-order valence-electron chi connectivity index (χ0n) is 15.4. The highest BCUT2D eigenvalue weighted by Crippen LogP contribution is 2.37. The van der Waals surface area contributed by atoms with Crippen LogP contribution in [0.15, 0.2) is 30.3 Å². The second kappa shape index (κ2) is 10.7. The number of ether oxygens (including phenoxy) is 2. The van der Waals surface area contributed by atoms with E-state index in [1.54, 1.807) is 12.1 Å². The van der Waals surface area contributed by atoms with Gasteiger partial charge in [0.2, 0.25) is 0 Å². The fourth-order valence-corrected chi connectivity index (χ4v) is 3.02. The van der Waals surface area contributed by atoms with Crippen LogP contribution in [0.3, 0.4) is 0 Å². The third-order valence-corrected chi connectivity index (χ3v) is 4.70. The molecule has 2 aromatic carbocycles. The summed E-state index contributed by atoms with van der Waals surface area (Å²) in [5.41, 5.74) is 1.57. The Morgan fingerprint density at radius 1 is 1.11 bits per heavy atom. The number of hydrogen-bond donors (Lipinski definition) is 2. The summed E-state index contributed by atoms with van der Waals surface area (Å²) in [6, 6.07) is 7.82. The average Bonchev–Trinajstić information content (AvgIpc) is 2.63. The average molecular weight is 416 g/mol. The number of aliphatic hydroxyl groups is 1. The SMILES string of the molecule is CCOc1cc(CN[C@H](CC)CO)cc(Cl)c1OCc1ccc(F)cc1Cl. The highest BCUT2D eigenvalue weighted by atomic mass is 35.5. The van der Waals surface area contributed by atoms with E-state index >= 15 is 0 Å². The molecule has 0 heterocycles. The summed E-state index contributed by atoms with van der Waals surface area (Å²) in [6.45, 7) is 5.08. The molecule has 2 rings (SSSR count). The molecule has 1 atom stereocenters. The molecule has 0 saturated carbocycles. The lowest BCUT2D eigenvalue weighted by atomic mass is 10.1. The van der Waals surface area contributed by atoms with Crippen molar-refractivity contribution < 1.29 is 19.0 Å². The lowest BCUT2D eigenvalue weighted by Crippen LogP contribution is -2.31. The van der Waals surface area contributed by atoms with Gasteiger partial charge in [-0.2, -0.15) is 0 Å². The maximum Gasteiger partial charge on any atom is 0.180 e. The van der Waals surface area contributed by atoms with Crippen molar-refractivity contribution in [3.63, 3.8) is 0 Å². The Kier molecular flexibility index (Phi) is 8.64. The number of halogens is 3. The third-order valence-electron chi connectivity index (χ3n) is 4.06. The molecule has 2 N–H and O–H groups in total. The van der Waals surface area contributed by atoms with Gasteiger partial charge < -0.3 is 19.9 Å². The first-order valence-corrected chi connectivity index (χ1v) is 9.60. The monoisotopic (exact) mass is 415 g/mol. The molecule has 0 fully saturated rings. The van der Waals surface area contributed by atoms with Crippen LogP contribution < -0.4 is 14.8 Å². The zero-order chi connectivity index (χ0) is 19.8. The molecule has 27 heavy (non-hydrogen) atoms. The number of benzene rings is 2. The number of rotatable bonds is 10. The standard InChI is InChI=1S/C20H24Cl2FNO3/c1-3-16(11-25)24-10-13-7-18(22)20(19(8-13)26-4-2)27-12-14-5-6-15(23)9-17(14)21/h5-9,16,24-25H,3-4,10-12H2,1-2H3/t16-/m1/s1. The van der Waals surface area contributed by atoms with Gasteiger partial charge in [0.05, 0.1) is 23.3 Å². The Labute approximate surface area is 169 Å². The van der Waals surface area contributed by atoms with E-state index in [4.69, 9.17) is 32.7 Å². The van der Waals surface area contributed by atoms with Gasteiger partial charge in [0, 0.05) is 18.2 Å². The van der Waals surface area contributed by atoms with Crippen molar-refractivity contribution in [3.05, 3.63) is 57.3 Å². The van der Waals surface area contributed by atoms with Gasteiger partial charge in [0.25, 0.3) is 0 Å². The predicted octanol–water partition coefficient (Wildman–Crippen LogP) is 4.97. The van der Waals surface area contributed by atoms with Gasteiger partial charge in [-0.05, 0) is 43.2 Å². The molecule has 0 amide bonds. The smallest absolute Gasteiger partial charge is 0.180 e. The fourth-order valence-electron chi connectivity index (χ4n) is 2.52. The Bertz CT molecular complexity index is 754. The van der Waals surface area contributed by atoms with Crippen molar-refractivity contribution in [2.75, 3.05) is 13.2 Å². The molecule has 0 aliphatic carbocycles. The topological polar surface area (TPSA) is 50.7 Å². The van der Waals surface area contributed by atoms with E-state index in [-0.39, 0.29) is 19.3 Å². The molecule has 7 heteroatoms. The van der Waals surface area contributed by atoms with E-state index in [9.17, 15) is 9.50 Å². The van der Waals surface area contributed by atoms with Crippen LogP contribution in [0.1, 0.15) is 31.4 Å². The van der Waals surface area contributed by atoms with Crippen LogP contribution in [-0.4, -0.2) is 24.4 Å². The normalized spacial score (nSPS) is 12.1. The van der Waals surface area contributed by atoms with E-state index in [2.05, 4.69) is 5.32 Å². The highest BCUT2D eigenvalue weighted by Gasteiger charge is 2.15. The summed E-state index contributed by atoms with van der Waals surface area (Å²) in [5.74, 6) is 0.538. The summed E-state index contributed by atoms with van der Waals surface area (Å²) in [5, 5.41) is 13.3. The molecule has 0 bridgehead atoms. The Morgan fingerprint density at radius 3 is 2.52 bits per heavy atom. The summed E-state index contributed by atoms with van der Waals surface area (Å²) < 4.78 is 24.7. The van der Waals surface area contributed by atoms with Crippen molar-refractivity contribution in [2.24, 2.45) is 0 Å². The van der Waals surface area contributed by atoms with Crippen molar-refractivity contribution in [1.82, 2.24) is 5.32 Å². The lowest BCUT2D eigenvalue weighted by Gasteiger charge is -2.18. The van der Waals surface area contributed by atoms with Crippen molar-refractivity contribution in [3.8, 4) is 11.5 Å². The van der Waals surface area contributed by atoms with Gasteiger partial charge in [0.15, 0.2) is 11.5 Å². The maximum atomic E-state index is 13.2. The van der Waals surface area contributed by atoms with Gasteiger partial charge in [-0.15, -0.1) is 0 Å². The number of hydrogen-bond acceptors (Lipinski definition) is 4. The van der Waals surface area contributed by atoms with Crippen LogP contribution in [-0.2, 0) is 13.2 Å². The van der Waals surface area contributed by atoms with Gasteiger partial charge in [-0.1, -0.05) is 36.2 Å². The Balaban J connectivity index is 2.17. The van der Waals surface area contributed by atoms with E-state index < -0.39 is 5.82 Å². The molecule has 0 spiro atoms. The molecule has 0 saturated heterocycles. The second-order valence-corrected chi connectivity index (χ2v) is 6.85. The van der Waals surface area contributed by atoms with Gasteiger partial charge >= 0.3 is 0 Å². The third kappa shape index (κ3) is 6.25. The van der Waals surface area contributed by atoms with Crippen LogP contribution in [0.5, 0.6) is 11.5 Å². The molecular weight excluding hydrogens is 392 g/mol. The molecule has 2 aromatic rings. The maximum absolute atomic E-state index is 13.2. The van der Waals surface area contributed by atoms with E-state index in [0.29, 0.717) is 40.3 Å². The van der Waals surface area contributed by atoms with Crippen LogP contribution in [0.4, 0.5) is 4.39 Å². The summed E-state index contributed by atoms with van der Waals surface area (Å²) in [6.07, 6.45) is 0.822. The minimum atomic E-state index is -0.401. The molecule has 0 aromatic heterocycles. The molecule has 0 radical (unpaired) electrons. The fraction of sp³-hybridized carbons (Fsp3) is 0.400. The van der Waals surface area contributed by atoms with Gasteiger partial charge in [-0.3, -0.25) is 0 Å². The first-order valence-electron chi connectivity index (χ1n) is 8.84. The second-order valence-electron chi connectivity index (χ2n) is 6.03. The van der Waals surface area contributed by atoms with Gasteiger partial charge in [-0.25, -0.2) is 4.39 Å². The molecule has 0 aliphatic rings. The molecular formula is C20H24Cl2FNO3. The molecule has 0 unspecified atom stereocenters. The number of nitrogens with one attached hydrogen (secondary N) is 1. The minimum Gasteiger partial charge on any atom is -0.490 e. The van der Waals surface area contributed by atoms with E-state index in [1.807, 2.05) is 19.9 Å². The first kappa shape index (κ1) is 21.8. The summed E-state index contributed by atoms with van der Waals surface area (Å²) >= 11 is 12.5. The lowest BCUT2D eigenvalue weighted by molar-refractivity contribution is 0.238. The molecule has 4 nitrogen and oxygen atoms in total. The summed E-state index contributed by atoms with van der Waals surface area (Å²) in [7, 11) is 0. The quantitative estimate of drug-likeness (QED) is 0.574. The van der Waals surface area contributed by atoms with E-state index in [0.717, 1.165) is 12.0 Å². The van der Waals surface area contributed by atoms with Crippen LogP contribution in [0, 0.1) is 5.82 Å². The van der Waals surface area contributed by atoms with Gasteiger partial charge in [0.1, 0.15) is 12.4 Å². The Morgan fingerprint density at radius 2 is 1.89 bits per heavy atom. The minimum absolute atomic E-state index is 0.0239. The largest absolute Gasteiger partial charge is 0.490 e. The molecule has 0 aliphatic heterocycles. The molecule has 148 valence electrons. The zero-order valence-corrected chi connectivity index (χ0v) is 16.9. The number of aliphatic hydroxyl groups excluding tert-OH is 1. The first-order chi connectivity index (χ1) is 13.0. The summed E-state index contributed by atoms with van der Waals surface area (Å²) in [4.78, 5) is 0. The predicted molar refractivity (Wildman–Crippen MR) is 106 cm³/mol. The highest BCUT2D eigenvalue weighted by molar-refractivity contribution is 6.32. The van der Waals surface area contributed by atoms with Crippen molar-refractivity contribution >= 4 is 23.2 Å². The van der Waals surface area contributed by atoms with Crippen molar-refractivity contribution in [1.29, 1.82) is 0 Å². The van der Waals surface area contributed by atoms with Crippen LogP contribution in [0.2, 0.25) is 10.0 Å².